The second-order valence-corrected chi connectivity index (χ2v) is 4.24. The van der Waals surface area contributed by atoms with Gasteiger partial charge in [0.25, 0.3) is 0 Å². The molecule has 1 rings (SSSR count). The fourth-order valence-electron chi connectivity index (χ4n) is 0.758. The Labute approximate surface area is 78.7 Å². The van der Waals surface area contributed by atoms with Crippen LogP contribution in [-0.2, 0) is 0 Å². The Hall–Kier alpha value is -0.690. The molecule has 0 aliphatic carbocycles. The van der Waals surface area contributed by atoms with Gasteiger partial charge in [-0.05, 0) is 23.0 Å². The summed E-state index contributed by atoms with van der Waals surface area (Å²) in [6.45, 7) is 8.34. The Balaban J connectivity index is 2.59. The highest BCUT2D eigenvalue weighted by Gasteiger charge is 2.01. The minimum Gasteiger partial charge on any atom is -0.0949 e. The van der Waals surface area contributed by atoms with Crippen LogP contribution < -0.4 is 0 Å². The molecule has 0 heterocycles. The molecular formula is C11H14S. The summed E-state index contributed by atoms with van der Waals surface area (Å²) in [5.74, 6) is 0.551. The molecule has 1 aromatic carbocycles. The van der Waals surface area contributed by atoms with E-state index < -0.39 is 0 Å². The van der Waals surface area contributed by atoms with Crippen molar-refractivity contribution >= 4 is 11.8 Å². The molecule has 12 heavy (non-hydrogen) atoms. The molecule has 0 spiro atoms. The molecule has 0 saturated carbocycles. The van der Waals surface area contributed by atoms with Crippen molar-refractivity contribution in [2.45, 2.75) is 18.7 Å². The van der Waals surface area contributed by atoms with Gasteiger partial charge in [-0.2, -0.15) is 0 Å². The van der Waals surface area contributed by atoms with E-state index in [4.69, 9.17) is 0 Å². The molecule has 0 amide bonds. The lowest BCUT2D eigenvalue weighted by Gasteiger charge is -2.07. The van der Waals surface area contributed by atoms with E-state index in [1.807, 2.05) is 6.07 Å². The predicted molar refractivity (Wildman–Crippen MR) is 56.3 cm³/mol. The monoisotopic (exact) mass is 178 g/mol. The van der Waals surface area contributed by atoms with Gasteiger partial charge < -0.3 is 0 Å². The van der Waals surface area contributed by atoms with Gasteiger partial charge in [-0.25, -0.2) is 0 Å². The highest BCUT2D eigenvalue weighted by atomic mass is 32.2. The molecular weight excluding hydrogens is 164 g/mol. The lowest BCUT2D eigenvalue weighted by Crippen LogP contribution is -1.86. The van der Waals surface area contributed by atoms with Gasteiger partial charge >= 0.3 is 0 Å². The predicted octanol–water partition coefficient (Wildman–Crippen LogP) is 3.95. The average molecular weight is 178 g/mol. The van der Waals surface area contributed by atoms with Crippen LogP contribution in [0.15, 0.2) is 46.7 Å². The Morgan fingerprint density at radius 2 is 1.83 bits per heavy atom. The number of hydrogen-bond acceptors (Lipinski definition) is 1. The Kier molecular flexibility index (Phi) is 3.42. The average Bonchev–Trinajstić information content (AvgIpc) is 2.06. The maximum absolute atomic E-state index is 4.01. The first-order chi connectivity index (χ1) is 5.70. The quantitative estimate of drug-likeness (QED) is 0.631. The van der Waals surface area contributed by atoms with Gasteiger partial charge in [0, 0.05) is 4.90 Å². The summed E-state index contributed by atoms with van der Waals surface area (Å²) < 4.78 is 0. The molecule has 0 radical (unpaired) electrons. The molecule has 1 heteroatoms. The zero-order chi connectivity index (χ0) is 8.97. The van der Waals surface area contributed by atoms with E-state index in [-0.39, 0.29) is 0 Å². The van der Waals surface area contributed by atoms with Gasteiger partial charge in [0.1, 0.15) is 0 Å². The summed E-state index contributed by atoms with van der Waals surface area (Å²) in [7, 11) is 0. The van der Waals surface area contributed by atoms with Gasteiger partial charge in [-0.3, -0.25) is 0 Å². The Morgan fingerprint density at radius 3 is 2.33 bits per heavy atom. The van der Waals surface area contributed by atoms with Crippen LogP contribution in [0.4, 0.5) is 0 Å². The van der Waals surface area contributed by atoms with Crippen molar-refractivity contribution in [3.63, 3.8) is 0 Å². The molecule has 64 valence electrons. The zero-order valence-electron chi connectivity index (χ0n) is 7.58. The van der Waals surface area contributed by atoms with Gasteiger partial charge in [-0.15, -0.1) is 0 Å². The highest BCUT2D eigenvalue weighted by Crippen LogP contribution is 2.29. The SMILES string of the molecule is C=C(Sc1ccccc1)C(C)C. The summed E-state index contributed by atoms with van der Waals surface area (Å²) in [6, 6.07) is 10.4. The first-order valence-corrected chi connectivity index (χ1v) is 4.93. The molecule has 0 nitrogen and oxygen atoms in total. The highest BCUT2D eigenvalue weighted by molar-refractivity contribution is 8.03. The van der Waals surface area contributed by atoms with Crippen LogP contribution in [0, 0.1) is 5.92 Å². The first-order valence-electron chi connectivity index (χ1n) is 4.12. The second-order valence-electron chi connectivity index (χ2n) is 3.04. The van der Waals surface area contributed by atoms with Crippen molar-refractivity contribution < 1.29 is 0 Å². The zero-order valence-corrected chi connectivity index (χ0v) is 8.40. The topological polar surface area (TPSA) is 0 Å². The van der Waals surface area contributed by atoms with Crippen LogP contribution in [-0.4, -0.2) is 0 Å². The van der Waals surface area contributed by atoms with Crippen molar-refractivity contribution in [3.8, 4) is 0 Å². The fraction of sp³-hybridized carbons (Fsp3) is 0.273. The Bertz CT molecular complexity index is 249. The fourth-order valence-corrected chi connectivity index (χ4v) is 1.59. The van der Waals surface area contributed by atoms with E-state index in [0.717, 1.165) is 0 Å². The van der Waals surface area contributed by atoms with Crippen LogP contribution in [0.1, 0.15) is 13.8 Å². The molecule has 0 N–H and O–H groups in total. The normalized spacial score (nSPS) is 10.2. The van der Waals surface area contributed by atoms with Crippen molar-refractivity contribution in [1.29, 1.82) is 0 Å². The van der Waals surface area contributed by atoms with Crippen molar-refractivity contribution in [2.24, 2.45) is 5.92 Å². The standard InChI is InChI=1S/C11H14S/c1-9(2)10(3)12-11-7-5-4-6-8-11/h4-9H,3H2,1-2H3. The third-order valence-electron chi connectivity index (χ3n) is 1.64. The number of rotatable bonds is 3. The van der Waals surface area contributed by atoms with Gasteiger partial charge in [0.05, 0.1) is 0 Å². The Morgan fingerprint density at radius 1 is 1.25 bits per heavy atom. The molecule has 0 atom stereocenters. The number of hydrogen-bond donors (Lipinski definition) is 0. The van der Waals surface area contributed by atoms with E-state index in [9.17, 15) is 0 Å². The lowest BCUT2D eigenvalue weighted by molar-refractivity contribution is 0.819. The van der Waals surface area contributed by atoms with Crippen LogP contribution in [0.5, 0.6) is 0 Å². The minimum atomic E-state index is 0.551. The van der Waals surface area contributed by atoms with Crippen LogP contribution in [0.3, 0.4) is 0 Å². The van der Waals surface area contributed by atoms with Crippen LogP contribution in [0.25, 0.3) is 0 Å². The van der Waals surface area contributed by atoms with E-state index in [1.54, 1.807) is 11.8 Å². The van der Waals surface area contributed by atoms with Crippen LogP contribution >= 0.6 is 11.8 Å². The van der Waals surface area contributed by atoms with E-state index in [0.29, 0.717) is 5.92 Å². The van der Waals surface area contributed by atoms with Crippen LogP contribution in [0.2, 0.25) is 0 Å². The molecule has 1 aromatic rings. The third kappa shape index (κ3) is 2.74. The van der Waals surface area contributed by atoms with Crippen molar-refractivity contribution in [3.05, 3.63) is 41.8 Å². The summed E-state index contributed by atoms with van der Waals surface area (Å²) in [5, 5.41) is 0. The molecule has 0 bridgehead atoms. The second kappa shape index (κ2) is 4.36. The lowest BCUT2D eigenvalue weighted by atomic mass is 10.2. The van der Waals surface area contributed by atoms with Gasteiger partial charge in [0.15, 0.2) is 0 Å². The largest absolute Gasteiger partial charge is 0.0949 e. The van der Waals surface area contributed by atoms with Gasteiger partial charge in [0.2, 0.25) is 0 Å². The maximum Gasteiger partial charge on any atom is 0.0118 e. The summed E-state index contributed by atoms with van der Waals surface area (Å²) in [5.41, 5.74) is 0. The van der Waals surface area contributed by atoms with Gasteiger partial charge in [-0.1, -0.05) is 50.4 Å². The molecule has 0 aliphatic rings. The molecule has 0 unspecified atom stereocenters. The number of benzene rings is 1. The minimum absolute atomic E-state index is 0.551. The molecule has 0 aromatic heterocycles. The van der Waals surface area contributed by atoms with Crippen molar-refractivity contribution in [2.75, 3.05) is 0 Å². The molecule has 0 fully saturated rings. The molecule has 0 aliphatic heterocycles. The van der Waals surface area contributed by atoms with E-state index in [2.05, 4.69) is 44.7 Å². The number of allylic oxidation sites excluding steroid dienone is 1. The molecule has 0 saturated heterocycles. The van der Waals surface area contributed by atoms with E-state index in [1.165, 1.54) is 9.80 Å². The van der Waals surface area contributed by atoms with E-state index >= 15 is 0 Å². The smallest absolute Gasteiger partial charge is 0.0118 e. The summed E-state index contributed by atoms with van der Waals surface area (Å²) >= 11 is 1.76. The first kappa shape index (κ1) is 9.40. The number of thioether (sulfide) groups is 1. The third-order valence-corrected chi connectivity index (χ3v) is 2.88. The maximum atomic E-state index is 4.01. The summed E-state index contributed by atoms with van der Waals surface area (Å²) in [6.07, 6.45) is 0. The van der Waals surface area contributed by atoms with Crippen molar-refractivity contribution in [1.82, 2.24) is 0 Å². The summed E-state index contributed by atoms with van der Waals surface area (Å²) in [4.78, 5) is 2.50.